The molecule has 112 valence electrons. The van der Waals surface area contributed by atoms with Gasteiger partial charge >= 0.3 is 0 Å². The Balaban J connectivity index is 2.17. The van der Waals surface area contributed by atoms with Gasteiger partial charge in [-0.15, -0.1) is 0 Å². The van der Waals surface area contributed by atoms with Crippen molar-refractivity contribution in [2.75, 3.05) is 0 Å². The Morgan fingerprint density at radius 2 is 1.86 bits per heavy atom. The van der Waals surface area contributed by atoms with E-state index in [1.165, 1.54) is 12.3 Å². The molecule has 21 heavy (non-hydrogen) atoms. The average molecular weight is 305 g/mol. The second kappa shape index (κ2) is 6.34. The molecule has 0 aliphatic carbocycles. The van der Waals surface area contributed by atoms with Gasteiger partial charge in [-0.05, 0) is 31.5 Å². The van der Waals surface area contributed by atoms with E-state index in [4.69, 9.17) is 5.73 Å². The van der Waals surface area contributed by atoms with Crippen molar-refractivity contribution < 1.29 is 8.42 Å². The number of pyridine rings is 1. The van der Waals surface area contributed by atoms with Gasteiger partial charge in [0.2, 0.25) is 10.0 Å². The molecule has 0 saturated carbocycles. The Labute approximate surface area is 125 Å². The first-order valence-corrected chi connectivity index (χ1v) is 8.14. The first-order chi connectivity index (χ1) is 9.92. The maximum absolute atomic E-state index is 12.3. The summed E-state index contributed by atoms with van der Waals surface area (Å²) < 4.78 is 27.2. The summed E-state index contributed by atoms with van der Waals surface area (Å²) in [5, 5.41) is 0. The second-order valence-electron chi connectivity index (χ2n) is 4.94. The van der Waals surface area contributed by atoms with E-state index in [2.05, 4.69) is 9.71 Å². The van der Waals surface area contributed by atoms with Crippen molar-refractivity contribution >= 4 is 10.0 Å². The van der Waals surface area contributed by atoms with Crippen molar-refractivity contribution in [3.63, 3.8) is 0 Å². The molecule has 0 spiro atoms. The summed E-state index contributed by atoms with van der Waals surface area (Å²) in [6, 6.07) is 10.6. The molecule has 1 heterocycles. The normalized spacial score (nSPS) is 13.1. The van der Waals surface area contributed by atoms with Crippen LogP contribution in [0.15, 0.2) is 47.5 Å². The Morgan fingerprint density at radius 3 is 2.38 bits per heavy atom. The highest BCUT2D eigenvalue weighted by molar-refractivity contribution is 7.89. The Kier molecular flexibility index (Phi) is 4.72. The highest BCUT2D eigenvalue weighted by Crippen LogP contribution is 2.17. The highest BCUT2D eigenvalue weighted by Gasteiger charge is 2.18. The van der Waals surface area contributed by atoms with E-state index in [9.17, 15) is 8.42 Å². The van der Waals surface area contributed by atoms with Gasteiger partial charge in [0.15, 0.2) is 0 Å². The molecule has 1 aromatic heterocycles. The zero-order valence-electron chi connectivity index (χ0n) is 12.1. The number of benzene rings is 1. The van der Waals surface area contributed by atoms with Crippen LogP contribution in [-0.4, -0.2) is 13.4 Å². The fourth-order valence-electron chi connectivity index (χ4n) is 1.91. The summed E-state index contributed by atoms with van der Waals surface area (Å²) in [6.45, 7) is 4.08. The minimum atomic E-state index is -3.60. The topological polar surface area (TPSA) is 85.1 Å². The van der Waals surface area contributed by atoms with Crippen molar-refractivity contribution in [2.24, 2.45) is 5.73 Å². The smallest absolute Gasteiger partial charge is 0.242 e. The SMILES string of the molecule is Cc1ccc(C(C)NS(=O)(=O)c2ccc(CN)nc2)cc1. The van der Waals surface area contributed by atoms with Gasteiger partial charge < -0.3 is 5.73 Å². The molecular formula is C15H19N3O2S. The molecule has 1 aromatic carbocycles. The van der Waals surface area contributed by atoms with Crippen LogP contribution >= 0.6 is 0 Å². The van der Waals surface area contributed by atoms with Gasteiger partial charge in [0, 0.05) is 18.8 Å². The first-order valence-electron chi connectivity index (χ1n) is 6.66. The number of aromatic nitrogens is 1. The molecule has 0 fully saturated rings. The highest BCUT2D eigenvalue weighted by atomic mass is 32.2. The zero-order valence-corrected chi connectivity index (χ0v) is 12.9. The van der Waals surface area contributed by atoms with E-state index in [-0.39, 0.29) is 17.5 Å². The van der Waals surface area contributed by atoms with Crippen molar-refractivity contribution in [3.05, 3.63) is 59.4 Å². The second-order valence-corrected chi connectivity index (χ2v) is 6.66. The number of rotatable bonds is 5. The molecule has 0 radical (unpaired) electrons. The van der Waals surface area contributed by atoms with Gasteiger partial charge in [0.05, 0.1) is 5.69 Å². The van der Waals surface area contributed by atoms with E-state index >= 15 is 0 Å². The Morgan fingerprint density at radius 1 is 1.19 bits per heavy atom. The third kappa shape index (κ3) is 3.87. The van der Waals surface area contributed by atoms with Gasteiger partial charge in [-0.1, -0.05) is 29.8 Å². The predicted octanol–water partition coefficient (Wildman–Crippen LogP) is 1.89. The molecule has 5 nitrogen and oxygen atoms in total. The van der Waals surface area contributed by atoms with Crippen LogP contribution < -0.4 is 10.5 Å². The molecule has 0 bridgehead atoms. The number of nitrogens with two attached hydrogens (primary N) is 1. The number of nitrogens with one attached hydrogen (secondary N) is 1. The van der Waals surface area contributed by atoms with Crippen LogP contribution in [0.3, 0.4) is 0 Å². The third-order valence-electron chi connectivity index (χ3n) is 3.23. The van der Waals surface area contributed by atoms with Crippen LogP contribution in [0.1, 0.15) is 29.8 Å². The molecule has 0 amide bonds. The van der Waals surface area contributed by atoms with Crippen molar-refractivity contribution in [1.82, 2.24) is 9.71 Å². The van der Waals surface area contributed by atoms with Gasteiger partial charge in [-0.2, -0.15) is 0 Å². The van der Waals surface area contributed by atoms with E-state index in [1.54, 1.807) is 6.07 Å². The molecular weight excluding hydrogens is 286 g/mol. The molecule has 3 N–H and O–H groups in total. The summed E-state index contributed by atoms with van der Waals surface area (Å²) in [4.78, 5) is 4.15. The van der Waals surface area contributed by atoms with Crippen LogP contribution in [0.25, 0.3) is 0 Å². The largest absolute Gasteiger partial charge is 0.325 e. The van der Waals surface area contributed by atoms with Gasteiger partial charge in [0.25, 0.3) is 0 Å². The van der Waals surface area contributed by atoms with E-state index in [0.717, 1.165) is 11.1 Å². The summed E-state index contributed by atoms with van der Waals surface area (Å²) in [5.74, 6) is 0. The van der Waals surface area contributed by atoms with Crippen LogP contribution in [0, 0.1) is 6.92 Å². The van der Waals surface area contributed by atoms with Crippen molar-refractivity contribution in [2.45, 2.75) is 31.3 Å². The summed E-state index contributed by atoms with van der Waals surface area (Å²) in [5.41, 5.74) is 8.15. The zero-order chi connectivity index (χ0) is 15.5. The van der Waals surface area contributed by atoms with Crippen LogP contribution in [-0.2, 0) is 16.6 Å². The van der Waals surface area contributed by atoms with Crippen LogP contribution in [0.4, 0.5) is 0 Å². The maximum Gasteiger partial charge on any atom is 0.242 e. The number of aryl methyl sites for hydroxylation is 1. The van der Waals surface area contributed by atoms with Crippen LogP contribution in [0.2, 0.25) is 0 Å². The molecule has 0 aliphatic heterocycles. The fraction of sp³-hybridized carbons (Fsp3) is 0.267. The minimum absolute atomic E-state index is 0.138. The van der Waals surface area contributed by atoms with Crippen molar-refractivity contribution in [3.8, 4) is 0 Å². The molecule has 0 saturated heterocycles. The Bertz CT molecular complexity index is 695. The predicted molar refractivity (Wildman–Crippen MR) is 82.0 cm³/mol. The van der Waals surface area contributed by atoms with E-state index in [1.807, 2.05) is 38.1 Å². The fourth-order valence-corrected chi connectivity index (χ4v) is 3.09. The molecule has 1 atom stereocenters. The summed E-state index contributed by atoms with van der Waals surface area (Å²) in [6.07, 6.45) is 1.33. The van der Waals surface area contributed by atoms with Crippen molar-refractivity contribution in [1.29, 1.82) is 0 Å². The maximum atomic E-state index is 12.3. The lowest BCUT2D eigenvalue weighted by Crippen LogP contribution is -2.27. The van der Waals surface area contributed by atoms with Crippen LogP contribution in [0.5, 0.6) is 0 Å². The molecule has 2 rings (SSSR count). The molecule has 6 heteroatoms. The Hall–Kier alpha value is -1.76. The lowest BCUT2D eigenvalue weighted by molar-refractivity contribution is 0.566. The lowest BCUT2D eigenvalue weighted by Gasteiger charge is -2.15. The number of hydrogen-bond acceptors (Lipinski definition) is 4. The van der Waals surface area contributed by atoms with E-state index < -0.39 is 10.0 Å². The quantitative estimate of drug-likeness (QED) is 0.883. The van der Waals surface area contributed by atoms with E-state index in [0.29, 0.717) is 5.69 Å². The third-order valence-corrected chi connectivity index (χ3v) is 4.75. The number of hydrogen-bond donors (Lipinski definition) is 2. The van der Waals surface area contributed by atoms with Gasteiger partial charge in [-0.25, -0.2) is 13.1 Å². The monoisotopic (exact) mass is 305 g/mol. The summed E-state index contributed by atoms with van der Waals surface area (Å²) in [7, 11) is -3.60. The molecule has 1 unspecified atom stereocenters. The molecule has 2 aromatic rings. The minimum Gasteiger partial charge on any atom is -0.325 e. The van der Waals surface area contributed by atoms with Gasteiger partial charge in [0.1, 0.15) is 4.90 Å². The average Bonchev–Trinajstić information content (AvgIpc) is 2.47. The first kappa shape index (κ1) is 15.6. The number of sulfonamides is 1. The molecule has 0 aliphatic rings. The summed E-state index contributed by atoms with van der Waals surface area (Å²) >= 11 is 0. The number of nitrogens with zero attached hydrogens (tertiary/aromatic N) is 1. The lowest BCUT2D eigenvalue weighted by atomic mass is 10.1. The van der Waals surface area contributed by atoms with Gasteiger partial charge in [-0.3, -0.25) is 4.98 Å². The standard InChI is InChI=1S/C15H19N3O2S/c1-11-3-5-13(6-4-11)12(2)18-21(19,20)15-8-7-14(9-16)17-10-15/h3-8,10,12,18H,9,16H2,1-2H3.